The fourth-order valence-electron chi connectivity index (χ4n) is 1.96. The molecule has 3 nitrogen and oxygen atoms in total. The van der Waals surface area contributed by atoms with Crippen LogP contribution in [-0.4, -0.2) is 36.5 Å². The molecule has 0 bridgehead atoms. The summed E-state index contributed by atoms with van der Waals surface area (Å²) in [5.41, 5.74) is 0.724. The van der Waals surface area contributed by atoms with Gasteiger partial charge in [0, 0.05) is 34.6 Å². The number of benzene rings is 1. The van der Waals surface area contributed by atoms with Gasteiger partial charge in [-0.3, -0.25) is 4.79 Å². The Hall–Kier alpha value is -0.390. The molecule has 2 rings (SSSR count). The third-order valence-corrected chi connectivity index (χ3v) is 4.07. The zero-order valence-corrected chi connectivity index (χ0v) is 12.7. The van der Waals surface area contributed by atoms with Crippen LogP contribution in [0.2, 0.25) is 0 Å². The number of hydrogen-bond donors (Lipinski definition) is 1. The first kappa shape index (κ1) is 13.1. The van der Waals surface area contributed by atoms with E-state index >= 15 is 0 Å². The van der Waals surface area contributed by atoms with Crippen LogP contribution < -0.4 is 5.32 Å². The number of halogens is 2. The highest BCUT2D eigenvalue weighted by atomic mass is 79.9. The maximum absolute atomic E-state index is 12.4. The lowest BCUT2D eigenvalue weighted by atomic mass is 10.1. The molecule has 1 aliphatic heterocycles. The first-order valence-corrected chi connectivity index (χ1v) is 7.15. The Bertz CT molecular complexity index is 437. The number of nitrogens with one attached hydrogen (secondary N) is 1. The lowest BCUT2D eigenvalue weighted by Gasteiger charge is -2.34. The topological polar surface area (TPSA) is 32.3 Å². The summed E-state index contributed by atoms with van der Waals surface area (Å²) in [6, 6.07) is 5.89. The monoisotopic (exact) mass is 360 g/mol. The molecule has 1 aromatic rings. The predicted molar refractivity (Wildman–Crippen MR) is 75.2 cm³/mol. The van der Waals surface area contributed by atoms with Crippen LogP contribution in [0.15, 0.2) is 27.1 Å². The van der Waals surface area contributed by atoms with Gasteiger partial charge in [0.05, 0.1) is 5.56 Å². The second-order valence-corrected chi connectivity index (χ2v) is 5.95. The lowest BCUT2D eigenvalue weighted by Crippen LogP contribution is -2.52. The van der Waals surface area contributed by atoms with Crippen molar-refractivity contribution in [1.29, 1.82) is 0 Å². The Morgan fingerprint density at radius 2 is 2.24 bits per heavy atom. The molecular weight excluding hydrogens is 348 g/mol. The standard InChI is InChI=1S/C12H14Br2N2O/c1-8-7-15-4-5-16(8)12(17)10-3-2-9(13)6-11(10)14/h2-3,6,8,15H,4-5,7H2,1H3/t8-/m1/s1. The van der Waals surface area contributed by atoms with Crippen molar-refractivity contribution in [3.63, 3.8) is 0 Å². The van der Waals surface area contributed by atoms with Gasteiger partial charge in [0.25, 0.3) is 5.91 Å². The van der Waals surface area contributed by atoms with Crippen LogP contribution in [0.1, 0.15) is 17.3 Å². The minimum Gasteiger partial charge on any atom is -0.333 e. The van der Waals surface area contributed by atoms with Crippen molar-refractivity contribution in [2.75, 3.05) is 19.6 Å². The predicted octanol–water partition coefficient (Wildman–Crippen LogP) is 2.65. The third-order valence-electron chi connectivity index (χ3n) is 2.92. The SMILES string of the molecule is C[C@@H]1CNCCN1C(=O)c1ccc(Br)cc1Br. The fourth-order valence-corrected chi connectivity index (χ4v) is 3.18. The van der Waals surface area contributed by atoms with Gasteiger partial charge >= 0.3 is 0 Å². The number of carbonyl (C=O) groups is 1. The largest absolute Gasteiger partial charge is 0.333 e. The van der Waals surface area contributed by atoms with Crippen molar-refractivity contribution >= 4 is 37.8 Å². The lowest BCUT2D eigenvalue weighted by molar-refractivity contribution is 0.0655. The van der Waals surface area contributed by atoms with Gasteiger partial charge in [-0.2, -0.15) is 0 Å². The molecule has 92 valence electrons. The Labute approximate surface area is 118 Å². The van der Waals surface area contributed by atoms with Crippen molar-refractivity contribution in [2.45, 2.75) is 13.0 Å². The van der Waals surface area contributed by atoms with Crippen molar-refractivity contribution in [3.05, 3.63) is 32.7 Å². The summed E-state index contributed by atoms with van der Waals surface area (Å²) in [6.45, 7) is 4.56. The average Bonchev–Trinajstić information content (AvgIpc) is 2.29. The zero-order valence-electron chi connectivity index (χ0n) is 9.54. The molecule has 5 heteroatoms. The van der Waals surface area contributed by atoms with Crippen molar-refractivity contribution in [1.82, 2.24) is 10.2 Å². The highest BCUT2D eigenvalue weighted by Crippen LogP contribution is 2.24. The van der Waals surface area contributed by atoms with E-state index < -0.39 is 0 Å². The number of nitrogens with zero attached hydrogens (tertiary/aromatic N) is 1. The molecule has 1 amide bonds. The summed E-state index contributed by atoms with van der Waals surface area (Å²) in [7, 11) is 0. The molecule has 0 saturated carbocycles. The second kappa shape index (κ2) is 5.50. The first-order chi connectivity index (χ1) is 8.09. The molecule has 1 fully saturated rings. The quantitative estimate of drug-likeness (QED) is 0.833. The Morgan fingerprint density at radius 3 is 2.88 bits per heavy atom. The van der Waals surface area contributed by atoms with Crippen LogP contribution in [0.3, 0.4) is 0 Å². The van der Waals surface area contributed by atoms with Gasteiger partial charge in [-0.25, -0.2) is 0 Å². The molecule has 1 atom stereocenters. The van der Waals surface area contributed by atoms with E-state index in [4.69, 9.17) is 0 Å². The van der Waals surface area contributed by atoms with Gasteiger partial charge in [0.1, 0.15) is 0 Å². The molecule has 1 heterocycles. The maximum Gasteiger partial charge on any atom is 0.255 e. The van der Waals surface area contributed by atoms with Crippen LogP contribution >= 0.6 is 31.9 Å². The average molecular weight is 362 g/mol. The molecule has 1 aromatic carbocycles. The molecule has 17 heavy (non-hydrogen) atoms. The molecule has 0 spiro atoms. The van der Waals surface area contributed by atoms with Crippen molar-refractivity contribution in [2.24, 2.45) is 0 Å². The van der Waals surface area contributed by atoms with Gasteiger partial charge in [-0.05, 0) is 41.1 Å². The number of rotatable bonds is 1. The van der Waals surface area contributed by atoms with E-state index in [1.807, 2.05) is 23.1 Å². The Kier molecular flexibility index (Phi) is 4.22. The smallest absolute Gasteiger partial charge is 0.255 e. The van der Waals surface area contributed by atoms with E-state index in [-0.39, 0.29) is 11.9 Å². The second-order valence-electron chi connectivity index (χ2n) is 4.18. The number of amides is 1. The molecule has 1 N–H and O–H groups in total. The Balaban J connectivity index is 2.24. The van der Waals surface area contributed by atoms with Crippen LogP contribution in [0.4, 0.5) is 0 Å². The van der Waals surface area contributed by atoms with E-state index in [0.717, 1.165) is 34.1 Å². The van der Waals surface area contributed by atoms with Crippen LogP contribution in [0.25, 0.3) is 0 Å². The van der Waals surface area contributed by atoms with Gasteiger partial charge in [-0.1, -0.05) is 15.9 Å². The molecule has 0 radical (unpaired) electrons. The highest BCUT2D eigenvalue weighted by molar-refractivity contribution is 9.11. The van der Waals surface area contributed by atoms with E-state index in [2.05, 4.69) is 44.1 Å². The number of piperazine rings is 1. The normalized spacial score (nSPS) is 20.4. The summed E-state index contributed by atoms with van der Waals surface area (Å²) in [6.07, 6.45) is 0. The van der Waals surface area contributed by atoms with E-state index in [9.17, 15) is 4.79 Å². The highest BCUT2D eigenvalue weighted by Gasteiger charge is 2.25. The van der Waals surface area contributed by atoms with E-state index in [1.165, 1.54) is 0 Å². The van der Waals surface area contributed by atoms with Gasteiger partial charge in [0.2, 0.25) is 0 Å². The third kappa shape index (κ3) is 2.89. The summed E-state index contributed by atoms with van der Waals surface area (Å²) in [5, 5.41) is 3.28. The molecule has 1 saturated heterocycles. The molecule has 0 aromatic heterocycles. The Morgan fingerprint density at radius 1 is 1.47 bits per heavy atom. The summed E-state index contributed by atoms with van der Waals surface area (Å²) < 4.78 is 1.80. The number of hydrogen-bond acceptors (Lipinski definition) is 2. The summed E-state index contributed by atoms with van der Waals surface area (Å²) in [5.74, 6) is 0.0957. The first-order valence-electron chi connectivity index (χ1n) is 5.56. The molecular formula is C12H14Br2N2O. The summed E-state index contributed by atoms with van der Waals surface area (Å²) >= 11 is 6.83. The zero-order chi connectivity index (χ0) is 12.4. The van der Waals surface area contributed by atoms with Crippen LogP contribution in [0.5, 0.6) is 0 Å². The maximum atomic E-state index is 12.4. The fraction of sp³-hybridized carbons (Fsp3) is 0.417. The minimum atomic E-state index is 0.0957. The van der Waals surface area contributed by atoms with Gasteiger partial charge in [-0.15, -0.1) is 0 Å². The molecule has 1 aliphatic rings. The van der Waals surface area contributed by atoms with Crippen molar-refractivity contribution in [3.8, 4) is 0 Å². The van der Waals surface area contributed by atoms with Crippen LogP contribution in [-0.2, 0) is 0 Å². The van der Waals surface area contributed by atoms with E-state index in [0.29, 0.717) is 0 Å². The van der Waals surface area contributed by atoms with E-state index in [1.54, 1.807) is 0 Å². The minimum absolute atomic E-state index is 0.0957. The van der Waals surface area contributed by atoms with Gasteiger partial charge in [0.15, 0.2) is 0 Å². The summed E-state index contributed by atoms with van der Waals surface area (Å²) in [4.78, 5) is 14.3. The van der Waals surface area contributed by atoms with Crippen molar-refractivity contribution < 1.29 is 4.79 Å². The van der Waals surface area contributed by atoms with Crippen LogP contribution in [0, 0.1) is 0 Å². The van der Waals surface area contributed by atoms with Gasteiger partial charge < -0.3 is 10.2 Å². The molecule has 0 aliphatic carbocycles. The number of carbonyl (C=O) groups excluding carboxylic acids is 1. The molecule has 0 unspecified atom stereocenters.